The molecule has 15 heavy (non-hydrogen) atoms. The molecule has 0 aromatic rings. The summed E-state index contributed by atoms with van der Waals surface area (Å²) < 4.78 is 20.7. The normalized spacial score (nSPS) is 12.1. The largest absolute Gasteiger partial charge is 0.460 e. The van der Waals surface area contributed by atoms with Crippen molar-refractivity contribution < 1.29 is 23.6 Å². The van der Waals surface area contributed by atoms with Gasteiger partial charge in [0.25, 0.3) is 0 Å². The van der Waals surface area contributed by atoms with Crippen LogP contribution in [0.3, 0.4) is 0 Å². The third kappa shape index (κ3) is 7.28. The van der Waals surface area contributed by atoms with Gasteiger partial charge in [0.15, 0.2) is 0 Å². The Morgan fingerprint density at radius 2 is 1.87 bits per heavy atom. The van der Waals surface area contributed by atoms with Crippen LogP contribution in [0.15, 0.2) is 0 Å². The number of rotatable bonds is 8. The number of ether oxygens (including phenoxy) is 2. The third-order valence-corrected chi connectivity index (χ3v) is 2.93. The molecular formula is C9H17O5P. The van der Waals surface area contributed by atoms with Crippen molar-refractivity contribution in [2.45, 2.75) is 20.3 Å². The number of ketones is 1. The first-order chi connectivity index (χ1) is 7.11. The Morgan fingerprint density at radius 1 is 1.20 bits per heavy atom. The maximum Gasteiger partial charge on any atom is 0.374 e. The predicted molar refractivity (Wildman–Crippen MR) is 56.6 cm³/mol. The number of Topliss-reactive ketones (excluding diaryl/α,β-unsaturated/α-hetero) is 1. The lowest BCUT2D eigenvalue weighted by Gasteiger charge is -2.02. The summed E-state index contributed by atoms with van der Waals surface area (Å²) >= 11 is 0. The van der Waals surface area contributed by atoms with Gasteiger partial charge in [-0.3, -0.25) is 4.79 Å². The maximum absolute atomic E-state index is 11.2. The molecule has 6 heteroatoms. The minimum absolute atomic E-state index is 0.0241. The van der Waals surface area contributed by atoms with Gasteiger partial charge in [0.2, 0.25) is 5.78 Å². The number of esters is 1. The first kappa shape index (κ1) is 14.3. The van der Waals surface area contributed by atoms with Crippen molar-refractivity contribution in [2.75, 3.05) is 25.7 Å². The molecule has 0 aromatic carbocycles. The molecule has 5 nitrogen and oxygen atoms in total. The molecule has 0 spiro atoms. The Morgan fingerprint density at radius 3 is 2.40 bits per heavy atom. The Hall–Kier alpha value is -0.670. The number of hydrogen-bond acceptors (Lipinski definition) is 5. The second kappa shape index (κ2) is 8.62. The zero-order valence-electron chi connectivity index (χ0n) is 9.08. The second-order valence-electron chi connectivity index (χ2n) is 2.82. The number of carbonyl (C=O) groups excluding carboxylic acids is 2. The minimum atomic E-state index is -1.90. The highest BCUT2D eigenvalue weighted by molar-refractivity contribution is 7.44. The van der Waals surface area contributed by atoms with Gasteiger partial charge in [-0.2, -0.15) is 0 Å². The quantitative estimate of drug-likeness (QED) is 0.358. The monoisotopic (exact) mass is 236 g/mol. The summed E-state index contributed by atoms with van der Waals surface area (Å²) in [6, 6.07) is 0. The topological polar surface area (TPSA) is 69.7 Å². The van der Waals surface area contributed by atoms with E-state index >= 15 is 0 Å². The second-order valence-corrected chi connectivity index (χ2v) is 4.69. The van der Waals surface area contributed by atoms with E-state index in [-0.39, 0.29) is 25.5 Å². The maximum atomic E-state index is 11.2. The van der Waals surface area contributed by atoms with Crippen molar-refractivity contribution in [2.24, 2.45) is 0 Å². The van der Waals surface area contributed by atoms with Crippen LogP contribution in [0.2, 0.25) is 0 Å². The minimum Gasteiger partial charge on any atom is -0.460 e. The van der Waals surface area contributed by atoms with Crippen LogP contribution in [0.25, 0.3) is 0 Å². The van der Waals surface area contributed by atoms with E-state index in [4.69, 9.17) is 4.74 Å². The molecule has 0 rings (SSSR count). The lowest BCUT2D eigenvalue weighted by Crippen LogP contribution is -2.17. The molecule has 1 unspecified atom stereocenters. The van der Waals surface area contributed by atoms with E-state index in [1.807, 2.05) is 0 Å². The van der Waals surface area contributed by atoms with Gasteiger partial charge in [-0.1, -0.05) is 0 Å². The van der Waals surface area contributed by atoms with Crippen molar-refractivity contribution in [3.8, 4) is 0 Å². The zero-order valence-corrected chi connectivity index (χ0v) is 10.1. The molecule has 0 aliphatic carbocycles. The van der Waals surface area contributed by atoms with Gasteiger partial charge in [0.1, 0.15) is 7.80 Å². The van der Waals surface area contributed by atoms with Crippen LogP contribution in [-0.4, -0.2) is 37.5 Å². The van der Waals surface area contributed by atoms with Crippen molar-refractivity contribution in [1.29, 1.82) is 0 Å². The zero-order chi connectivity index (χ0) is 11.7. The van der Waals surface area contributed by atoms with Crippen molar-refractivity contribution in [1.82, 2.24) is 0 Å². The van der Waals surface area contributed by atoms with Gasteiger partial charge in [0.05, 0.1) is 13.0 Å². The highest BCUT2D eigenvalue weighted by Crippen LogP contribution is 2.21. The Labute approximate surface area is 89.9 Å². The highest BCUT2D eigenvalue weighted by atomic mass is 31.1. The fourth-order valence-corrected chi connectivity index (χ4v) is 1.94. The number of hydrogen-bond donors (Lipinski definition) is 0. The smallest absolute Gasteiger partial charge is 0.374 e. The summed E-state index contributed by atoms with van der Waals surface area (Å²) in [5, 5.41) is 0. The molecule has 0 aliphatic rings. The average molecular weight is 236 g/mol. The third-order valence-electron chi connectivity index (χ3n) is 1.60. The van der Waals surface area contributed by atoms with E-state index in [0.717, 1.165) is 0 Å². The molecule has 0 fully saturated rings. The summed E-state index contributed by atoms with van der Waals surface area (Å²) in [7, 11) is -1.90. The molecule has 0 heterocycles. The molecule has 0 aromatic heterocycles. The predicted octanol–water partition coefficient (Wildman–Crippen LogP) is 1.06. The van der Waals surface area contributed by atoms with E-state index in [2.05, 4.69) is 4.74 Å². The molecule has 0 saturated heterocycles. The fourth-order valence-electron chi connectivity index (χ4n) is 0.855. The SMILES string of the molecule is CCOC[PH](=O)CCC(=O)C(=O)OCC. The molecule has 0 radical (unpaired) electrons. The average Bonchev–Trinajstić information content (AvgIpc) is 2.23. The van der Waals surface area contributed by atoms with Crippen LogP contribution in [0, 0.1) is 0 Å². The van der Waals surface area contributed by atoms with E-state index in [0.29, 0.717) is 6.61 Å². The van der Waals surface area contributed by atoms with Crippen LogP contribution in [-0.2, 0) is 23.6 Å². The molecule has 0 saturated carbocycles. The molecule has 0 amide bonds. The Bertz CT molecular complexity index is 239. The lowest BCUT2D eigenvalue weighted by atomic mass is 10.3. The molecule has 0 aliphatic heterocycles. The molecule has 0 bridgehead atoms. The summed E-state index contributed by atoms with van der Waals surface area (Å²) in [5.74, 6) is -1.46. The Balaban J connectivity index is 3.70. The molecule has 0 N–H and O–H groups in total. The van der Waals surface area contributed by atoms with Crippen LogP contribution >= 0.6 is 7.80 Å². The van der Waals surface area contributed by atoms with Gasteiger partial charge >= 0.3 is 5.97 Å². The number of carbonyl (C=O) groups is 2. The van der Waals surface area contributed by atoms with Crippen LogP contribution in [0.1, 0.15) is 20.3 Å². The van der Waals surface area contributed by atoms with Gasteiger partial charge in [0, 0.05) is 19.2 Å². The van der Waals surface area contributed by atoms with Crippen LogP contribution < -0.4 is 0 Å². The Kier molecular flexibility index (Phi) is 8.24. The highest BCUT2D eigenvalue weighted by Gasteiger charge is 2.15. The van der Waals surface area contributed by atoms with E-state index < -0.39 is 19.6 Å². The van der Waals surface area contributed by atoms with E-state index in [1.165, 1.54) is 0 Å². The van der Waals surface area contributed by atoms with Gasteiger partial charge in [-0.25, -0.2) is 4.79 Å². The van der Waals surface area contributed by atoms with Crippen molar-refractivity contribution in [3.05, 3.63) is 0 Å². The van der Waals surface area contributed by atoms with E-state index in [9.17, 15) is 14.2 Å². The summed E-state index contributed by atoms with van der Waals surface area (Å²) in [6.07, 6.45) is 0.364. The van der Waals surface area contributed by atoms with Crippen molar-refractivity contribution >= 4 is 19.6 Å². The fraction of sp³-hybridized carbons (Fsp3) is 0.778. The lowest BCUT2D eigenvalue weighted by molar-refractivity contribution is -0.153. The molecule has 88 valence electrons. The summed E-state index contributed by atoms with van der Waals surface area (Å²) in [4.78, 5) is 21.9. The molecule has 1 atom stereocenters. The standard InChI is InChI=1S/C9H17O5P/c1-3-13-7-15(12)6-5-8(10)9(11)14-4-2/h15H,3-7H2,1-2H3. The van der Waals surface area contributed by atoms with Gasteiger partial charge in [-0.05, 0) is 13.8 Å². The summed E-state index contributed by atoms with van der Waals surface area (Å²) in [5.41, 5.74) is 0. The first-order valence-corrected chi connectivity index (χ1v) is 6.73. The first-order valence-electron chi connectivity index (χ1n) is 4.91. The summed E-state index contributed by atoms with van der Waals surface area (Å²) in [6.45, 7) is 4.11. The van der Waals surface area contributed by atoms with E-state index in [1.54, 1.807) is 13.8 Å². The van der Waals surface area contributed by atoms with Crippen LogP contribution in [0.5, 0.6) is 0 Å². The van der Waals surface area contributed by atoms with Gasteiger partial charge in [-0.15, -0.1) is 0 Å². The van der Waals surface area contributed by atoms with Crippen molar-refractivity contribution in [3.63, 3.8) is 0 Å². The molecular weight excluding hydrogens is 219 g/mol. The van der Waals surface area contributed by atoms with Gasteiger partial charge < -0.3 is 14.0 Å². The van der Waals surface area contributed by atoms with Crippen LogP contribution in [0.4, 0.5) is 0 Å².